The van der Waals surface area contributed by atoms with E-state index in [9.17, 15) is 8.78 Å². The van der Waals surface area contributed by atoms with Crippen molar-refractivity contribution >= 4 is 0 Å². The first-order valence-corrected chi connectivity index (χ1v) is 11.6. The molecule has 0 saturated heterocycles. The predicted octanol–water partition coefficient (Wildman–Crippen LogP) is 9.36. The van der Waals surface area contributed by atoms with Crippen LogP contribution < -0.4 is 0 Å². The van der Waals surface area contributed by atoms with Crippen molar-refractivity contribution in [3.05, 3.63) is 72.4 Å². The van der Waals surface area contributed by atoms with Gasteiger partial charge in [-0.2, -0.15) is 8.78 Å². The summed E-state index contributed by atoms with van der Waals surface area (Å²) in [5.41, 5.74) is 0.995. The molecule has 0 aliphatic heterocycles. The number of unbranched alkanes of at least 4 members (excludes halogenated alkanes) is 9. The largest absolute Gasteiger partial charge is 0.266 e. The van der Waals surface area contributed by atoms with Gasteiger partial charge in [0.25, 0.3) is 6.08 Å². The molecule has 0 radical (unpaired) electrons. The molecule has 0 unspecified atom stereocenters. The lowest BCUT2D eigenvalue weighted by Gasteiger charge is -2.30. The minimum absolute atomic E-state index is 0.247. The highest BCUT2D eigenvalue weighted by Gasteiger charge is 2.26. The van der Waals surface area contributed by atoms with Gasteiger partial charge in [-0.3, -0.25) is 0 Å². The summed E-state index contributed by atoms with van der Waals surface area (Å²) in [7, 11) is 0. The first-order valence-electron chi connectivity index (χ1n) is 11.6. The van der Waals surface area contributed by atoms with Gasteiger partial charge < -0.3 is 0 Å². The first-order chi connectivity index (χ1) is 14.2. The highest BCUT2D eigenvalue weighted by atomic mass is 19.3. The van der Waals surface area contributed by atoms with Crippen LogP contribution in [-0.2, 0) is 0 Å². The van der Waals surface area contributed by atoms with Crippen molar-refractivity contribution in [2.24, 2.45) is 5.41 Å². The standard InChI is InChI=1S/C27H38F2/c1-2-3-4-5-6-7-8-9-10-14-20-27(23-19-26(28)29)21-17-25(18-22-27)24-15-12-11-13-16-24/h11-13,15-19,21-22,25H,2-10,14,20,23H2,1H3. The molecule has 0 heterocycles. The van der Waals surface area contributed by atoms with Crippen LogP contribution in [0, 0.1) is 5.41 Å². The van der Waals surface area contributed by atoms with Gasteiger partial charge in [0.05, 0.1) is 0 Å². The van der Waals surface area contributed by atoms with Gasteiger partial charge in [0.2, 0.25) is 0 Å². The summed E-state index contributed by atoms with van der Waals surface area (Å²) >= 11 is 0. The smallest absolute Gasteiger partial charge is 0.174 e. The van der Waals surface area contributed by atoms with E-state index >= 15 is 0 Å². The molecule has 0 nitrogen and oxygen atoms in total. The van der Waals surface area contributed by atoms with Crippen molar-refractivity contribution in [1.82, 2.24) is 0 Å². The SMILES string of the molecule is CCCCCCCCCCCCC1(CC=C(F)F)C=CC(c2ccccc2)C=C1. The Kier molecular flexibility index (Phi) is 11.0. The molecule has 0 spiro atoms. The van der Waals surface area contributed by atoms with Gasteiger partial charge >= 0.3 is 0 Å². The van der Waals surface area contributed by atoms with E-state index in [1.54, 1.807) is 0 Å². The third kappa shape index (κ3) is 9.10. The monoisotopic (exact) mass is 400 g/mol. The van der Waals surface area contributed by atoms with Crippen LogP contribution >= 0.6 is 0 Å². The number of hydrogen-bond acceptors (Lipinski definition) is 0. The molecule has 1 aliphatic rings. The molecule has 29 heavy (non-hydrogen) atoms. The van der Waals surface area contributed by atoms with E-state index in [4.69, 9.17) is 0 Å². The van der Waals surface area contributed by atoms with Crippen molar-refractivity contribution in [3.8, 4) is 0 Å². The molecule has 1 aromatic rings. The molecule has 0 amide bonds. The van der Waals surface area contributed by atoms with Crippen LogP contribution in [0.25, 0.3) is 0 Å². The molecule has 0 aromatic heterocycles. The Morgan fingerprint density at radius 3 is 1.93 bits per heavy atom. The number of rotatable bonds is 14. The van der Waals surface area contributed by atoms with Gasteiger partial charge in [0, 0.05) is 11.3 Å². The van der Waals surface area contributed by atoms with Crippen LogP contribution in [0.5, 0.6) is 0 Å². The molecule has 0 fully saturated rings. The zero-order valence-corrected chi connectivity index (χ0v) is 18.1. The summed E-state index contributed by atoms with van der Waals surface area (Å²) in [4.78, 5) is 0. The van der Waals surface area contributed by atoms with E-state index in [2.05, 4.69) is 43.4 Å². The van der Waals surface area contributed by atoms with Crippen molar-refractivity contribution in [1.29, 1.82) is 0 Å². The van der Waals surface area contributed by atoms with Crippen molar-refractivity contribution in [3.63, 3.8) is 0 Å². The zero-order chi connectivity index (χ0) is 20.8. The summed E-state index contributed by atoms with van der Waals surface area (Å²) in [5.74, 6) is 0.247. The summed E-state index contributed by atoms with van der Waals surface area (Å²) < 4.78 is 25.5. The Bertz CT molecular complexity index is 624. The van der Waals surface area contributed by atoms with E-state index in [0.29, 0.717) is 6.42 Å². The van der Waals surface area contributed by atoms with Gasteiger partial charge in [-0.15, -0.1) is 0 Å². The lowest BCUT2D eigenvalue weighted by molar-refractivity contribution is 0.385. The van der Waals surface area contributed by atoms with Crippen molar-refractivity contribution in [2.45, 2.75) is 89.9 Å². The fraction of sp³-hybridized carbons (Fsp3) is 0.556. The number of halogens is 2. The Labute approximate surface area is 176 Å². The zero-order valence-electron chi connectivity index (χ0n) is 18.1. The van der Waals surface area contributed by atoms with Gasteiger partial charge in [-0.25, -0.2) is 0 Å². The van der Waals surface area contributed by atoms with Gasteiger partial charge in [0.15, 0.2) is 0 Å². The molecule has 0 saturated carbocycles. The second kappa shape index (κ2) is 13.5. The van der Waals surface area contributed by atoms with Crippen LogP contribution in [0.3, 0.4) is 0 Å². The maximum atomic E-state index is 12.8. The molecule has 0 N–H and O–H groups in total. The molecule has 2 rings (SSSR count). The molecule has 2 heteroatoms. The number of benzene rings is 1. The van der Waals surface area contributed by atoms with Crippen molar-refractivity contribution in [2.75, 3.05) is 0 Å². The fourth-order valence-corrected chi connectivity index (χ4v) is 4.22. The molecular formula is C27H38F2. The lowest BCUT2D eigenvalue weighted by atomic mass is 9.74. The summed E-state index contributed by atoms with van der Waals surface area (Å²) in [6.07, 6.45) is 22.6. The van der Waals surface area contributed by atoms with Crippen LogP contribution in [0.15, 0.2) is 66.8 Å². The van der Waals surface area contributed by atoms with E-state index in [1.165, 1.54) is 63.4 Å². The second-order valence-corrected chi connectivity index (χ2v) is 8.52. The van der Waals surface area contributed by atoms with Crippen LogP contribution in [0.2, 0.25) is 0 Å². The van der Waals surface area contributed by atoms with E-state index in [1.807, 2.05) is 18.2 Å². The Balaban J connectivity index is 1.77. The minimum atomic E-state index is -1.57. The number of allylic oxidation sites excluding steroid dienone is 5. The maximum Gasteiger partial charge on any atom is 0.266 e. The fourth-order valence-electron chi connectivity index (χ4n) is 4.22. The highest BCUT2D eigenvalue weighted by Crippen LogP contribution is 2.39. The Hall–Kier alpha value is -1.70. The Morgan fingerprint density at radius 2 is 1.38 bits per heavy atom. The lowest BCUT2D eigenvalue weighted by Crippen LogP contribution is -2.17. The Morgan fingerprint density at radius 1 is 0.828 bits per heavy atom. The summed E-state index contributed by atoms with van der Waals surface area (Å²) in [6.45, 7) is 2.25. The van der Waals surface area contributed by atoms with Gasteiger partial charge in [-0.05, 0) is 24.5 Å². The van der Waals surface area contributed by atoms with E-state index in [0.717, 1.165) is 18.9 Å². The molecule has 1 aliphatic carbocycles. The quantitative estimate of drug-likeness (QED) is 0.215. The predicted molar refractivity (Wildman–Crippen MR) is 121 cm³/mol. The van der Waals surface area contributed by atoms with Gasteiger partial charge in [-0.1, -0.05) is 126 Å². The summed E-state index contributed by atoms with van der Waals surface area (Å²) in [6, 6.07) is 10.4. The summed E-state index contributed by atoms with van der Waals surface area (Å²) in [5, 5.41) is 0. The van der Waals surface area contributed by atoms with E-state index in [-0.39, 0.29) is 11.3 Å². The maximum absolute atomic E-state index is 12.8. The highest BCUT2D eigenvalue weighted by molar-refractivity contribution is 5.34. The topological polar surface area (TPSA) is 0 Å². The molecular weight excluding hydrogens is 362 g/mol. The third-order valence-electron chi connectivity index (χ3n) is 6.09. The minimum Gasteiger partial charge on any atom is -0.174 e. The van der Waals surface area contributed by atoms with E-state index < -0.39 is 6.08 Å². The second-order valence-electron chi connectivity index (χ2n) is 8.52. The third-order valence-corrected chi connectivity index (χ3v) is 6.09. The molecule has 0 atom stereocenters. The molecule has 160 valence electrons. The van der Waals surface area contributed by atoms with Crippen molar-refractivity contribution < 1.29 is 8.78 Å². The molecule has 1 aromatic carbocycles. The first kappa shape index (κ1) is 23.6. The van der Waals surface area contributed by atoms with Crippen LogP contribution in [0.4, 0.5) is 8.78 Å². The average Bonchev–Trinajstić information content (AvgIpc) is 2.75. The number of hydrogen-bond donors (Lipinski definition) is 0. The molecule has 0 bridgehead atoms. The van der Waals surface area contributed by atoms with Crippen LogP contribution in [-0.4, -0.2) is 0 Å². The van der Waals surface area contributed by atoms with Crippen LogP contribution in [0.1, 0.15) is 95.5 Å². The van der Waals surface area contributed by atoms with Gasteiger partial charge in [0.1, 0.15) is 0 Å². The normalized spacial score (nSPS) is 20.7. The average molecular weight is 401 g/mol.